The second-order valence-corrected chi connectivity index (χ2v) is 17.1. The first-order chi connectivity index (χ1) is 23.0. The molecule has 1 saturated carbocycles. The smallest absolute Gasteiger partial charge is 0.407 e. The van der Waals surface area contributed by atoms with Crippen LogP contribution >= 0.6 is 22.9 Å². The maximum absolute atomic E-state index is 14.8. The van der Waals surface area contributed by atoms with Gasteiger partial charge in [0.1, 0.15) is 22.3 Å². The van der Waals surface area contributed by atoms with E-state index >= 15 is 0 Å². The number of hydrogen-bond donors (Lipinski definition) is 1. The van der Waals surface area contributed by atoms with Crippen LogP contribution in [0, 0.1) is 17.0 Å². The Kier molecular flexibility index (Phi) is 10.6. The summed E-state index contributed by atoms with van der Waals surface area (Å²) in [5.74, 6) is -1.40. The first kappa shape index (κ1) is 36.5. The van der Waals surface area contributed by atoms with Crippen LogP contribution in [0.15, 0.2) is 59.5 Å². The Hall–Kier alpha value is -3.74. The Balaban J connectivity index is 1.52. The molecule has 0 radical (unpaired) electrons. The van der Waals surface area contributed by atoms with Gasteiger partial charge in [-0.1, -0.05) is 50.6 Å². The number of halogens is 3. The molecule has 0 unspecified atom stereocenters. The summed E-state index contributed by atoms with van der Waals surface area (Å²) in [6.07, 6.45) is 2.17. The van der Waals surface area contributed by atoms with Crippen molar-refractivity contribution in [2.45, 2.75) is 70.0 Å². The maximum Gasteiger partial charge on any atom is 0.407 e. The van der Waals surface area contributed by atoms with Crippen molar-refractivity contribution < 1.29 is 36.6 Å². The third-order valence-corrected chi connectivity index (χ3v) is 11.6. The van der Waals surface area contributed by atoms with Crippen molar-refractivity contribution in [3.63, 3.8) is 0 Å². The van der Waals surface area contributed by atoms with Crippen molar-refractivity contribution in [2.75, 3.05) is 19.9 Å². The van der Waals surface area contributed by atoms with E-state index in [0.29, 0.717) is 43.5 Å². The fourth-order valence-electron chi connectivity index (χ4n) is 6.44. The second kappa shape index (κ2) is 14.2. The molecule has 1 aliphatic rings. The number of fused-ring (bicyclic) bond motifs is 1. The SMILES string of the molecule is COc1ccc(-c2ccc(S(C)(=O)=O)cc2)cc1CN(C(=O)c1sc2c(F)ccc(F)c2c1Cl)C1CCC(N(CC(C)(C)C)C(=O)O)CC1. The van der Waals surface area contributed by atoms with Crippen molar-refractivity contribution in [3.05, 3.63) is 81.7 Å². The molecule has 1 aliphatic carbocycles. The van der Waals surface area contributed by atoms with Gasteiger partial charge < -0.3 is 19.6 Å². The molecule has 0 spiro atoms. The van der Waals surface area contributed by atoms with Crippen LogP contribution in [-0.2, 0) is 16.4 Å². The predicted octanol–water partition coefficient (Wildman–Crippen LogP) is 8.89. The minimum absolute atomic E-state index is 0.00849. The summed E-state index contributed by atoms with van der Waals surface area (Å²) < 4.78 is 59.3. The van der Waals surface area contributed by atoms with Crippen molar-refractivity contribution in [1.29, 1.82) is 0 Å². The molecule has 0 bridgehead atoms. The molecular formula is C36H39ClF2N2O6S2. The first-order valence-corrected chi connectivity index (χ1v) is 18.9. The second-order valence-electron chi connectivity index (χ2n) is 13.7. The zero-order chi connectivity index (χ0) is 35.8. The van der Waals surface area contributed by atoms with Gasteiger partial charge in [0.15, 0.2) is 9.84 Å². The van der Waals surface area contributed by atoms with Crippen LogP contribution in [0.4, 0.5) is 13.6 Å². The summed E-state index contributed by atoms with van der Waals surface area (Å²) in [5, 5.41) is 9.71. The third-order valence-electron chi connectivity index (χ3n) is 8.81. The number of carbonyl (C=O) groups is 2. The average Bonchev–Trinajstić information content (AvgIpc) is 3.41. The topological polar surface area (TPSA) is 104 Å². The van der Waals surface area contributed by atoms with Gasteiger partial charge in [-0.15, -0.1) is 11.3 Å². The van der Waals surface area contributed by atoms with E-state index < -0.39 is 33.5 Å². The Labute approximate surface area is 294 Å². The van der Waals surface area contributed by atoms with E-state index in [-0.39, 0.29) is 48.9 Å². The normalized spacial score (nSPS) is 16.8. The molecule has 49 heavy (non-hydrogen) atoms. The van der Waals surface area contributed by atoms with E-state index in [1.165, 1.54) is 24.1 Å². The Bertz CT molecular complexity index is 1990. The van der Waals surface area contributed by atoms with Gasteiger partial charge in [0.25, 0.3) is 5.91 Å². The van der Waals surface area contributed by atoms with Crippen LogP contribution < -0.4 is 4.74 Å². The zero-order valence-corrected chi connectivity index (χ0v) is 30.3. The molecule has 1 fully saturated rings. The molecule has 1 aromatic heterocycles. The highest BCUT2D eigenvalue weighted by molar-refractivity contribution is 7.90. The highest BCUT2D eigenvalue weighted by atomic mass is 35.5. The summed E-state index contributed by atoms with van der Waals surface area (Å²) in [7, 11) is -1.87. The quantitative estimate of drug-likeness (QED) is 0.184. The Morgan fingerprint density at radius 3 is 2.04 bits per heavy atom. The summed E-state index contributed by atoms with van der Waals surface area (Å²) in [6, 6.07) is 13.4. The fraction of sp³-hybridized carbons (Fsp3) is 0.389. The number of carbonyl (C=O) groups excluding carboxylic acids is 1. The van der Waals surface area contributed by atoms with Gasteiger partial charge in [-0.05, 0) is 78.6 Å². The number of sulfone groups is 1. The van der Waals surface area contributed by atoms with Gasteiger partial charge in [-0.3, -0.25) is 4.79 Å². The monoisotopic (exact) mass is 732 g/mol. The van der Waals surface area contributed by atoms with E-state index in [9.17, 15) is 31.9 Å². The van der Waals surface area contributed by atoms with Crippen molar-refractivity contribution in [2.24, 2.45) is 5.41 Å². The minimum atomic E-state index is -3.38. The van der Waals surface area contributed by atoms with E-state index in [2.05, 4.69) is 0 Å². The molecule has 8 nitrogen and oxygen atoms in total. The van der Waals surface area contributed by atoms with Crippen LogP contribution in [0.3, 0.4) is 0 Å². The molecule has 3 aromatic carbocycles. The molecular weight excluding hydrogens is 694 g/mol. The molecule has 5 rings (SSSR count). The van der Waals surface area contributed by atoms with Gasteiger partial charge in [0.2, 0.25) is 0 Å². The van der Waals surface area contributed by atoms with Crippen LogP contribution in [0.25, 0.3) is 21.2 Å². The number of rotatable bonds is 9. The number of amides is 2. The summed E-state index contributed by atoms with van der Waals surface area (Å²) >= 11 is 7.40. The minimum Gasteiger partial charge on any atom is -0.496 e. The highest BCUT2D eigenvalue weighted by Gasteiger charge is 2.36. The number of benzene rings is 3. The maximum atomic E-state index is 14.8. The standard InChI is InChI=1S/C36H39ClF2N2O6S2/c1-36(2,3)20-41(35(43)44)25-11-9-24(10-12-25)40(34(42)33-31(37)30-27(38)15-16-28(39)32(30)48-33)19-23-18-22(8-17-29(23)47-4)21-6-13-26(14-7-21)49(5,45)46/h6-8,13-18,24-25H,9-12,19-20H2,1-5H3,(H,43,44). The van der Waals surface area contributed by atoms with Crippen LogP contribution in [0.1, 0.15) is 61.7 Å². The van der Waals surface area contributed by atoms with Gasteiger partial charge in [-0.2, -0.15) is 0 Å². The number of carboxylic acid groups (broad SMARTS) is 1. The van der Waals surface area contributed by atoms with Gasteiger partial charge in [0.05, 0.1) is 27.1 Å². The van der Waals surface area contributed by atoms with E-state index in [0.717, 1.165) is 40.9 Å². The van der Waals surface area contributed by atoms with Crippen molar-refractivity contribution in [3.8, 4) is 16.9 Å². The molecule has 0 aliphatic heterocycles. The summed E-state index contributed by atoms with van der Waals surface area (Å²) in [6.45, 7) is 6.38. The number of hydrogen-bond acceptors (Lipinski definition) is 6. The first-order valence-electron chi connectivity index (χ1n) is 15.8. The number of nitrogens with zero attached hydrogens (tertiary/aromatic N) is 2. The molecule has 1 heterocycles. The Morgan fingerprint density at radius 1 is 0.939 bits per heavy atom. The lowest BCUT2D eigenvalue weighted by molar-refractivity contribution is 0.0492. The summed E-state index contributed by atoms with van der Waals surface area (Å²) in [5.41, 5.74) is 1.92. The van der Waals surface area contributed by atoms with Gasteiger partial charge >= 0.3 is 6.09 Å². The van der Waals surface area contributed by atoms with Gasteiger partial charge in [-0.25, -0.2) is 22.0 Å². The number of ether oxygens (including phenoxy) is 1. The lowest BCUT2D eigenvalue weighted by atomic mass is 9.87. The molecule has 2 amide bonds. The van der Waals surface area contributed by atoms with E-state index in [4.69, 9.17) is 16.3 Å². The molecule has 262 valence electrons. The predicted molar refractivity (Wildman–Crippen MR) is 188 cm³/mol. The third kappa shape index (κ3) is 8.02. The zero-order valence-electron chi connectivity index (χ0n) is 27.9. The molecule has 0 saturated heterocycles. The Morgan fingerprint density at radius 2 is 1.51 bits per heavy atom. The average molecular weight is 733 g/mol. The van der Waals surface area contributed by atoms with Crippen LogP contribution in [0.5, 0.6) is 5.75 Å². The van der Waals surface area contributed by atoms with Crippen LogP contribution in [-0.4, -0.2) is 67.3 Å². The van der Waals surface area contributed by atoms with Crippen molar-refractivity contribution >= 4 is 54.9 Å². The molecule has 4 aromatic rings. The molecule has 0 atom stereocenters. The molecule has 13 heteroatoms. The molecule has 1 N–H and O–H groups in total. The van der Waals surface area contributed by atoms with Gasteiger partial charge in [0, 0.05) is 37.0 Å². The fourth-order valence-corrected chi connectivity index (χ4v) is 8.57. The summed E-state index contributed by atoms with van der Waals surface area (Å²) in [4.78, 5) is 30.0. The largest absolute Gasteiger partial charge is 0.496 e. The lowest BCUT2D eigenvalue weighted by Gasteiger charge is -2.41. The van der Waals surface area contributed by atoms with E-state index in [1.54, 1.807) is 23.1 Å². The van der Waals surface area contributed by atoms with E-state index in [1.807, 2.05) is 32.9 Å². The lowest BCUT2D eigenvalue weighted by Crippen LogP contribution is -2.49. The number of methoxy groups -OCH3 is 1. The van der Waals surface area contributed by atoms with Crippen LogP contribution in [0.2, 0.25) is 5.02 Å². The number of thiophene rings is 1. The highest BCUT2D eigenvalue weighted by Crippen LogP contribution is 2.41. The van der Waals surface area contributed by atoms with Crippen molar-refractivity contribution in [1.82, 2.24) is 9.80 Å².